The van der Waals surface area contributed by atoms with Crippen molar-refractivity contribution in [2.75, 3.05) is 13.2 Å². The zero-order valence-corrected chi connectivity index (χ0v) is 13.2. The molecule has 0 spiro atoms. The molecule has 2 N–H and O–H groups in total. The maximum absolute atomic E-state index is 11.2. The van der Waals surface area contributed by atoms with Crippen LogP contribution < -0.4 is 15.4 Å². The van der Waals surface area contributed by atoms with E-state index in [2.05, 4.69) is 43.5 Å². The van der Waals surface area contributed by atoms with Crippen LogP contribution in [0.1, 0.15) is 45.2 Å². The molecule has 4 nitrogen and oxygen atoms in total. The third kappa shape index (κ3) is 5.05. The van der Waals surface area contributed by atoms with Crippen molar-refractivity contribution in [3.63, 3.8) is 0 Å². The Labute approximate surface area is 127 Å². The molecule has 0 bridgehead atoms. The summed E-state index contributed by atoms with van der Waals surface area (Å²) in [6.45, 7) is 7.98. The van der Waals surface area contributed by atoms with Gasteiger partial charge in [0.25, 0.3) is 0 Å². The van der Waals surface area contributed by atoms with Gasteiger partial charge in [-0.25, -0.2) is 0 Å². The molecule has 116 valence electrons. The summed E-state index contributed by atoms with van der Waals surface area (Å²) in [7, 11) is 0. The lowest BCUT2D eigenvalue weighted by Crippen LogP contribution is -2.36. The molecule has 0 radical (unpaired) electrons. The summed E-state index contributed by atoms with van der Waals surface area (Å²) >= 11 is 0. The molecule has 2 rings (SSSR count). The molecule has 0 aliphatic carbocycles. The van der Waals surface area contributed by atoms with E-state index in [0.29, 0.717) is 12.3 Å². The number of hydrogen-bond donors (Lipinski definition) is 2. The molecule has 1 aliphatic rings. The minimum absolute atomic E-state index is 0.168. The summed E-state index contributed by atoms with van der Waals surface area (Å²) in [6, 6.07) is 8.77. The highest BCUT2D eigenvalue weighted by atomic mass is 16.5. The van der Waals surface area contributed by atoms with Gasteiger partial charge in [0.2, 0.25) is 5.91 Å². The van der Waals surface area contributed by atoms with Gasteiger partial charge < -0.3 is 15.4 Å². The number of carbonyl (C=O) groups is 1. The van der Waals surface area contributed by atoms with E-state index in [1.807, 2.05) is 12.1 Å². The van der Waals surface area contributed by atoms with Gasteiger partial charge in [-0.15, -0.1) is 0 Å². The van der Waals surface area contributed by atoms with Gasteiger partial charge in [-0.05, 0) is 37.0 Å². The lowest BCUT2D eigenvalue weighted by atomic mass is 10.1. The second kappa shape index (κ2) is 7.46. The lowest BCUT2D eigenvalue weighted by Gasteiger charge is -2.18. The van der Waals surface area contributed by atoms with Crippen LogP contribution in [0.3, 0.4) is 0 Å². The molecule has 1 aromatic carbocycles. The van der Waals surface area contributed by atoms with E-state index in [1.54, 1.807) is 0 Å². The first-order chi connectivity index (χ1) is 10.0. The van der Waals surface area contributed by atoms with Crippen LogP contribution in [0.15, 0.2) is 24.3 Å². The highest BCUT2D eigenvalue weighted by Crippen LogP contribution is 2.18. The Morgan fingerprint density at radius 1 is 1.29 bits per heavy atom. The van der Waals surface area contributed by atoms with Gasteiger partial charge in [-0.3, -0.25) is 4.79 Å². The number of carbonyl (C=O) groups excluding carboxylic acids is 1. The van der Waals surface area contributed by atoms with Crippen LogP contribution in [0.5, 0.6) is 5.75 Å². The Bertz CT molecular complexity index is 456. The molecule has 1 heterocycles. The monoisotopic (exact) mass is 290 g/mol. The molecule has 0 aromatic heterocycles. The van der Waals surface area contributed by atoms with E-state index in [9.17, 15) is 4.79 Å². The average molecular weight is 290 g/mol. The second-order valence-corrected chi connectivity index (χ2v) is 6.21. The molecule has 0 saturated carbocycles. The van der Waals surface area contributed by atoms with Crippen LogP contribution in [0.2, 0.25) is 0 Å². The summed E-state index contributed by atoms with van der Waals surface area (Å²) < 4.78 is 5.69. The number of benzene rings is 1. The largest absolute Gasteiger partial charge is 0.493 e. The number of nitrogens with one attached hydrogen (secondary N) is 2. The van der Waals surface area contributed by atoms with Crippen LogP contribution in [0.25, 0.3) is 0 Å². The van der Waals surface area contributed by atoms with Crippen molar-refractivity contribution >= 4 is 5.91 Å². The lowest BCUT2D eigenvalue weighted by molar-refractivity contribution is -0.119. The minimum Gasteiger partial charge on any atom is -0.493 e. The SMILES string of the molecule is CC(C)COc1ccc(C(C)NCC2CCC(=O)N2)cc1. The zero-order valence-electron chi connectivity index (χ0n) is 13.2. The van der Waals surface area contributed by atoms with Gasteiger partial charge in [0.15, 0.2) is 0 Å². The number of amides is 1. The van der Waals surface area contributed by atoms with Crippen LogP contribution in [-0.4, -0.2) is 25.1 Å². The van der Waals surface area contributed by atoms with E-state index in [-0.39, 0.29) is 18.0 Å². The second-order valence-electron chi connectivity index (χ2n) is 6.21. The smallest absolute Gasteiger partial charge is 0.220 e. The Morgan fingerprint density at radius 2 is 2.00 bits per heavy atom. The van der Waals surface area contributed by atoms with Crippen LogP contribution in [-0.2, 0) is 4.79 Å². The Hall–Kier alpha value is -1.55. The predicted octanol–water partition coefficient (Wildman–Crippen LogP) is 2.65. The van der Waals surface area contributed by atoms with Gasteiger partial charge in [-0.1, -0.05) is 26.0 Å². The molecule has 1 saturated heterocycles. The molecule has 2 atom stereocenters. The molecule has 1 amide bonds. The number of ether oxygens (including phenoxy) is 1. The fraction of sp³-hybridized carbons (Fsp3) is 0.588. The minimum atomic E-state index is 0.168. The molecular formula is C17H26N2O2. The highest BCUT2D eigenvalue weighted by Gasteiger charge is 2.20. The third-order valence-electron chi connectivity index (χ3n) is 3.72. The normalized spacial score (nSPS) is 19.6. The number of hydrogen-bond acceptors (Lipinski definition) is 3. The van der Waals surface area contributed by atoms with Crippen molar-refractivity contribution in [1.82, 2.24) is 10.6 Å². The van der Waals surface area contributed by atoms with Crippen molar-refractivity contribution in [3.8, 4) is 5.75 Å². The van der Waals surface area contributed by atoms with Gasteiger partial charge >= 0.3 is 0 Å². The summed E-state index contributed by atoms with van der Waals surface area (Å²) in [6.07, 6.45) is 1.59. The summed E-state index contributed by atoms with van der Waals surface area (Å²) in [5.41, 5.74) is 1.23. The van der Waals surface area contributed by atoms with Crippen molar-refractivity contribution < 1.29 is 9.53 Å². The van der Waals surface area contributed by atoms with Crippen LogP contribution >= 0.6 is 0 Å². The summed E-state index contributed by atoms with van der Waals surface area (Å²) in [5, 5.41) is 6.45. The third-order valence-corrected chi connectivity index (χ3v) is 3.72. The van der Waals surface area contributed by atoms with Gasteiger partial charge in [-0.2, -0.15) is 0 Å². The van der Waals surface area contributed by atoms with Crippen molar-refractivity contribution in [1.29, 1.82) is 0 Å². The van der Waals surface area contributed by atoms with Crippen molar-refractivity contribution in [3.05, 3.63) is 29.8 Å². The number of rotatable bonds is 7. The molecular weight excluding hydrogens is 264 g/mol. The van der Waals surface area contributed by atoms with E-state index in [4.69, 9.17) is 4.74 Å². The zero-order chi connectivity index (χ0) is 15.2. The Balaban J connectivity index is 1.79. The van der Waals surface area contributed by atoms with E-state index in [0.717, 1.165) is 25.3 Å². The Kier molecular flexibility index (Phi) is 5.62. The molecule has 21 heavy (non-hydrogen) atoms. The van der Waals surface area contributed by atoms with Gasteiger partial charge in [0, 0.05) is 25.0 Å². The van der Waals surface area contributed by atoms with E-state index in [1.165, 1.54) is 5.56 Å². The maximum atomic E-state index is 11.2. The van der Waals surface area contributed by atoms with E-state index < -0.39 is 0 Å². The Morgan fingerprint density at radius 3 is 2.57 bits per heavy atom. The molecule has 4 heteroatoms. The summed E-state index contributed by atoms with van der Waals surface area (Å²) in [4.78, 5) is 11.2. The van der Waals surface area contributed by atoms with Crippen molar-refractivity contribution in [2.24, 2.45) is 5.92 Å². The first kappa shape index (κ1) is 15.8. The highest BCUT2D eigenvalue weighted by molar-refractivity contribution is 5.78. The first-order valence-electron chi connectivity index (χ1n) is 7.80. The predicted molar refractivity (Wildman–Crippen MR) is 84.4 cm³/mol. The average Bonchev–Trinajstić information content (AvgIpc) is 2.89. The quantitative estimate of drug-likeness (QED) is 0.811. The maximum Gasteiger partial charge on any atom is 0.220 e. The van der Waals surface area contributed by atoms with Gasteiger partial charge in [0.05, 0.1) is 6.61 Å². The fourth-order valence-electron chi connectivity index (χ4n) is 2.38. The molecule has 1 aromatic rings. The van der Waals surface area contributed by atoms with Crippen LogP contribution in [0.4, 0.5) is 0 Å². The van der Waals surface area contributed by atoms with E-state index >= 15 is 0 Å². The molecule has 1 fully saturated rings. The van der Waals surface area contributed by atoms with Crippen LogP contribution in [0, 0.1) is 5.92 Å². The topological polar surface area (TPSA) is 50.4 Å². The fourth-order valence-corrected chi connectivity index (χ4v) is 2.38. The van der Waals surface area contributed by atoms with Crippen molar-refractivity contribution in [2.45, 2.75) is 45.7 Å². The molecule has 1 aliphatic heterocycles. The standard InChI is InChI=1S/C17H26N2O2/c1-12(2)11-21-16-7-4-14(5-8-16)13(3)18-10-15-6-9-17(20)19-15/h4-5,7-8,12-13,15,18H,6,9-11H2,1-3H3,(H,19,20). The first-order valence-corrected chi connectivity index (χ1v) is 7.80. The summed E-state index contributed by atoms with van der Waals surface area (Å²) in [5.74, 6) is 1.62. The van der Waals surface area contributed by atoms with Gasteiger partial charge in [0.1, 0.15) is 5.75 Å². The molecule has 2 unspecified atom stereocenters.